The number of halogens is 2. The van der Waals surface area contributed by atoms with Gasteiger partial charge in [-0.2, -0.15) is 0 Å². The maximum absolute atomic E-state index is 13.4. The minimum atomic E-state index is -3.90. The summed E-state index contributed by atoms with van der Waals surface area (Å²) < 4.78 is 28.9. The van der Waals surface area contributed by atoms with Gasteiger partial charge >= 0.3 is 12.0 Å². The molecule has 0 spiro atoms. The molecule has 2 saturated heterocycles. The van der Waals surface area contributed by atoms with E-state index in [0.717, 1.165) is 16.3 Å². The lowest BCUT2D eigenvalue weighted by atomic mass is 10.0. The Labute approximate surface area is 231 Å². The van der Waals surface area contributed by atoms with Crippen LogP contribution in [0.25, 0.3) is 11.1 Å². The van der Waals surface area contributed by atoms with E-state index in [2.05, 4.69) is 10.3 Å². The van der Waals surface area contributed by atoms with Gasteiger partial charge in [0.25, 0.3) is 5.89 Å². The first-order chi connectivity index (χ1) is 18.2. The van der Waals surface area contributed by atoms with Crippen molar-refractivity contribution in [1.29, 1.82) is 0 Å². The number of hydrogen-bond donors (Lipinski definition) is 3. The third-order valence-electron chi connectivity index (χ3n) is 5.88. The van der Waals surface area contributed by atoms with Gasteiger partial charge in [0.2, 0.25) is 27.6 Å². The van der Waals surface area contributed by atoms with Crippen LogP contribution in [-0.4, -0.2) is 94.6 Å². The van der Waals surface area contributed by atoms with E-state index in [9.17, 15) is 37.5 Å². The number of carboxylic acids is 1. The molecule has 1 aromatic carbocycles. The van der Waals surface area contributed by atoms with Gasteiger partial charge in [0.05, 0.1) is 17.7 Å². The number of amides is 4. The zero-order valence-corrected chi connectivity index (χ0v) is 22.5. The van der Waals surface area contributed by atoms with Crippen molar-refractivity contribution in [3.05, 3.63) is 28.1 Å². The standard InChI is InChI=1S/C21H22Cl2N6O9S/c1-39(36,37)26-27-6-4-15(30)28-5-2-3-14(29(28)21(27)35)19(34)24-12(9-16(31)32)17(33)20-25-13-8-10(22)7-11(23)18(13)38-20/h7-8,12,14,26H,2-6,9H2,1H3,(H,24,34)(H,31,32). The number of carbonyl (C=O) groups is 5. The van der Waals surface area contributed by atoms with Crippen molar-refractivity contribution < 1.29 is 41.9 Å². The molecule has 0 aliphatic carbocycles. The fourth-order valence-corrected chi connectivity index (χ4v) is 5.35. The molecule has 2 fully saturated rings. The molecule has 39 heavy (non-hydrogen) atoms. The van der Waals surface area contributed by atoms with Crippen LogP contribution in [0.3, 0.4) is 0 Å². The number of urea groups is 1. The number of carboxylic acid groups (broad SMARTS) is 1. The Hall–Kier alpha value is -3.47. The lowest BCUT2D eigenvalue weighted by Gasteiger charge is -2.42. The maximum atomic E-state index is 13.4. The van der Waals surface area contributed by atoms with E-state index in [1.54, 1.807) is 0 Å². The summed E-state index contributed by atoms with van der Waals surface area (Å²) in [5, 5.41) is 14.5. The van der Waals surface area contributed by atoms with Crippen LogP contribution in [0.15, 0.2) is 16.5 Å². The Morgan fingerprint density at radius 1 is 1.23 bits per heavy atom. The van der Waals surface area contributed by atoms with Crippen molar-refractivity contribution in [2.45, 2.75) is 37.8 Å². The molecule has 15 nitrogen and oxygen atoms in total. The number of Topliss-reactive ketones (excluding diaryl/α,β-unsaturated/α-hetero) is 1. The number of carbonyl (C=O) groups excluding carboxylic acids is 4. The highest BCUT2D eigenvalue weighted by molar-refractivity contribution is 7.88. The van der Waals surface area contributed by atoms with Crippen LogP contribution < -0.4 is 10.1 Å². The first-order valence-corrected chi connectivity index (χ1v) is 14.1. The van der Waals surface area contributed by atoms with Gasteiger partial charge in [-0.05, 0) is 25.0 Å². The third-order valence-corrected chi connectivity index (χ3v) is 6.93. The Bertz CT molecular complexity index is 1480. The van der Waals surface area contributed by atoms with Gasteiger partial charge in [0.15, 0.2) is 5.58 Å². The Morgan fingerprint density at radius 2 is 1.95 bits per heavy atom. The molecule has 4 amide bonds. The van der Waals surface area contributed by atoms with Gasteiger partial charge in [-0.15, -0.1) is 4.83 Å². The highest BCUT2D eigenvalue weighted by Crippen LogP contribution is 2.29. The minimum Gasteiger partial charge on any atom is -0.481 e. The second-order valence-corrected chi connectivity index (χ2v) is 11.4. The van der Waals surface area contributed by atoms with Gasteiger partial charge < -0.3 is 14.8 Å². The number of sulfonamides is 1. The number of benzene rings is 1. The van der Waals surface area contributed by atoms with Crippen LogP contribution in [0.2, 0.25) is 10.0 Å². The van der Waals surface area contributed by atoms with E-state index >= 15 is 0 Å². The van der Waals surface area contributed by atoms with Crippen molar-refractivity contribution in [2.24, 2.45) is 0 Å². The molecule has 2 aliphatic heterocycles. The molecule has 210 valence electrons. The first-order valence-electron chi connectivity index (χ1n) is 11.5. The summed E-state index contributed by atoms with van der Waals surface area (Å²) in [6.07, 6.45) is 0.0843. The van der Waals surface area contributed by atoms with E-state index < -0.39 is 64.0 Å². The average molecular weight is 605 g/mol. The molecule has 2 unspecified atom stereocenters. The molecule has 3 heterocycles. The van der Waals surface area contributed by atoms with Crippen molar-refractivity contribution in [3.8, 4) is 0 Å². The number of ketones is 1. The van der Waals surface area contributed by atoms with E-state index in [-0.39, 0.29) is 47.1 Å². The molecule has 1 aromatic heterocycles. The molecular weight excluding hydrogens is 583 g/mol. The molecular formula is C21H22Cl2N6O9S. The van der Waals surface area contributed by atoms with E-state index in [4.69, 9.17) is 27.6 Å². The van der Waals surface area contributed by atoms with Gasteiger partial charge in [0, 0.05) is 24.5 Å². The number of oxazole rings is 1. The molecule has 3 N–H and O–H groups in total. The van der Waals surface area contributed by atoms with Crippen molar-refractivity contribution in [2.75, 3.05) is 19.3 Å². The Kier molecular flexibility index (Phi) is 8.02. The zero-order chi connectivity index (χ0) is 28.6. The lowest BCUT2D eigenvalue weighted by Crippen LogP contribution is -2.65. The van der Waals surface area contributed by atoms with Gasteiger partial charge in [-0.1, -0.05) is 23.2 Å². The highest BCUT2D eigenvalue weighted by Gasteiger charge is 2.45. The van der Waals surface area contributed by atoms with Crippen molar-refractivity contribution >= 4 is 73.9 Å². The normalized spacial score (nSPS) is 19.1. The summed E-state index contributed by atoms with van der Waals surface area (Å²) in [5.74, 6) is -4.42. The number of aliphatic carboxylic acids is 1. The molecule has 2 atom stereocenters. The van der Waals surface area contributed by atoms with E-state index in [1.165, 1.54) is 12.1 Å². The second kappa shape index (κ2) is 11.0. The molecule has 0 bridgehead atoms. The Balaban J connectivity index is 1.62. The van der Waals surface area contributed by atoms with Crippen LogP contribution in [-0.2, 0) is 24.4 Å². The number of hydrazine groups is 2. The summed E-state index contributed by atoms with van der Waals surface area (Å²) >= 11 is 12.0. The second-order valence-electron chi connectivity index (χ2n) is 8.85. The van der Waals surface area contributed by atoms with Gasteiger partial charge in [0.1, 0.15) is 17.6 Å². The van der Waals surface area contributed by atoms with Crippen LogP contribution in [0.1, 0.15) is 36.4 Å². The smallest absolute Gasteiger partial charge is 0.354 e. The van der Waals surface area contributed by atoms with Crippen LogP contribution in [0, 0.1) is 0 Å². The number of nitrogens with one attached hydrogen (secondary N) is 2. The number of aromatic nitrogens is 1. The predicted octanol–water partition coefficient (Wildman–Crippen LogP) is 0.775. The average Bonchev–Trinajstić information content (AvgIpc) is 3.23. The quantitative estimate of drug-likeness (QED) is 0.361. The number of rotatable bonds is 8. The van der Waals surface area contributed by atoms with E-state index in [1.807, 2.05) is 4.83 Å². The largest absolute Gasteiger partial charge is 0.481 e. The first kappa shape index (κ1) is 28.5. The molecule has 2 aromatic rings. The molecule has 18 heteroatoms. The summed E-state index contributed by atoms with van der Waals surface area (Å²) in [5.41, 5.74) is 0.159. The highest BCUT2D eigenvalue weighted by atomic mass is 35.5. The fourth-order valence-electron chi connectivity index (χ4n) is 4.26. The zero-order valence-electron chi connectivity index (χ0n) is 20.2. The summed E-state index contributed by atoms with van der Waals surface area (Å²) in [6.45, 7) is -0.193. The third kappa shape index (κ3) is 6.24. The van der Waals surface area contributed by atoms with Gasteiger partial charge in [-0.25, -0.2) is 33.2 Å². The number of fused-ring (bicyclic) bond motifs is 2. The molecule has 0 saturated carbocycles. The molecule has 0 radical (unpaired) electrons. The van der Waals surface area contributed by atoms with Crippen LogP contribution in [0.4, 0.5) is 4.79 Å². The summed E-state index contributed by atoms with van der Waals surface area (Å²) in [4.78, 5) is 70.1. The predicted molar refractivity (Wildman–Crippen MR) is 134 cm³/mol. The van der Waals surface area contributed by atoms with Crippen molar-refractivity contribution in [1.82, 2.24) is 30.2 Å². The monoisotopic (exact) mass is 604 g/mol. The lowest BCUT2D eigenvalue weighted by molar-refractivity contribution is -0.155. The number of hydrogen-bond acceptors (Lipinski definition) is 9. The van der Waals surface area contributed by atoms with Crippen LogP contribution >= 0.6 is 23.2 Å². The maximum Gasteiger partial charge on any atom is 0.354 e. The Morgan fingerprint density at radius 3 is 2.62 bits per heavy atom. The molecule has 4 rings (SSSR count). The minimum absolute atomic E-state index is 0.0277. The van der Waals surface area contributed by atoms with E-state index in [0.29, 0.717) is 11.4 Å². The van der Waals surface area contributed by atoms with Crippen molar-refractivity contribution in [3.63, 3.8) is 0 Å². The number of nitrogens with zero attached hydrogens (tertiary/aromatic N) is 4. The molecule has 2 aliphatic rings. The SMILES string of the molecule is CS(=O)(=O)NN1CCC(=O)N2CCCC(C(=O)NC(CC(=O)O)C(=O)c3nc4cc(Cl)cc(Cl)c4o3)N2C1=O. The summed E-state index contributed by atoms with van der Waals surface area (Å²) in [6, 6.07) is -1.29. The van der Waals surface area contributed by atoms with Crippen LogP contribution in [0.5, 0.6) is 0 Å². The fraction of sp³-hybridized carbons (Fsp3) is 0.429. The van der Waals surface area contributed by atoms with Gasteiger partial charge in [-0.3, -0.25) is 19.2 Å². The topological polar surface area (TPSA) is 200 Å². The summed E-state index contributed by atoms with van der Waals surface area (Å²) in [7, 11) is -3.90.